The maximum absolute atomic E-state index is 12.2. The van der Waals surface area contributed by atoms with E-state index in [1.807, 2.05) is 0 Å². The lowest BCUT2D eigenvalue weighted by Gasteiger charge is -2.10. The van der Waals surface area contributed by atoms with Gasteiger partial charge in [-0.05, 0) is 25.0 Å². The van der Waals surface area contributed by atoms with Crippen LogP contribution >= 0.6 is 0 Å². The van der Waals surface area contributed by atoms with Gasteiger partial charge in [0.25, 0.3) is 0 Å². The number of nitrogens with two attached hydrogens (primary N) is 1. The Kier molecular flexibility index (Phi) is 3.66. The molecule has 2 rings (SSSR count). The molecule has 0 spiro atoms. The van der Waals surface area contributed by atoms with E-state index in [4.69, 9.17) is 10.5 Å². The van der Waals surface area contributed by atoms with Crippen molar-refractivity contribution in [3.05, 3.63) is 18.2 Å². The smallest absolute Gasteiger partial charge is 0.235 e. The van der Waals surface area contributed by atoms with Gasteiger partial charge in [0.1, 0.15) is 16.4 Å². The minimum Gasteiger partial charge on any atom is -0.495 e. The number of nitrogen functional groups attached to an aromatic ring is 1. The van der Waals surface area contributed by atoms with Crippen LogP contribution in [0.1, 0.15) is 12.8 Å². The first kappa shape index (κ1) is 13.7. The molecule has 0 radical (unpaired) electrons. The molecule has 1 aromatic rings. The van der Waals surface area contributed by atoms with Crippen LogP contribution in [0.15, 0.2) is 23.1 Å². The van der Waals surface area contributed by atoms with Crippen molar-refractivity contribution in [3.8, 4) is 5.75 Å². The van der Waals surface area contributed by atoms with Crippen LogP contribution in [0.25, 0.3) is 0 Å². The van der Waals surface area contributed by atoms with Crippen LogP contribution in [-0.2, 0) is 14.6 Å². The first-order chi connectivity index (χ1) is 8.92. The molecule has 1 saturated carbocycles. The lowest BCUT2D eigenvalue weighted by Crippen LogP contribution is -2.31. The zero-order valence-corrected chi connectivity index (χ0v) is 11.4. The molecule has 1 aromatic carbocycles. The van der Waals surface area contributed by atoms with Crippen molar-refractivity contribution in [1.82, 2.24) is 5.32 Å². The highest BCUT2D eigenvalue weighted by atomic mass is 32.2. The van der Waals surface area contributed by atoms with Gasteiger partial charge in [-0.25, -0.2) is 8.42 Å². The Morgan fingerprint density at radius 3 is 2.74 bits per heavy atom. The summed E-state index contributed by atoms with van der Waals surface area (Å²) in [5.74, 6) is -0.912. The number of methoxy groups -OCH3 is 1. The minimum atomic E-state index is -3.73. The second-order valence-electron chi connectivity index (χ2n) is 4.51. The molecule has 104 valence electrons. The average molecular weight is 284 g/mol. The molecule has 1 aliphatic carbocycles. The van der Waals surface area contributed by atoms with Gasteiger partial charge in [0, 0.05) is 17.8 Å². The summed E-state index contributed by atoms with van der Waals surface area (Å²) in [6.07, 6.45) is 1.83. The fourth-order valence-corrected chi connectivity index (χ4v) is 3.00. The van der Waals surface area contributed by atoms with E-state index in [0.717, 1.165) is 12.8 Å². The second kappa shape index (κ2) is 5.08. The number of ether oxygens (including phenoxy) is 1. The fourth-order valence-electron chi connectivity index (χ4n) is 1.69. The zero-order chi connectivity index (χ0) is 14.0. The Labute approximate surface area is 111 Å². The van der Waals surface area contributed by atoms with Crippen LogP contribution in [-0.4, -0.2) is 33.2 Å². The molecule has 0 aromatic heterocycles. The van der Waals surface area contributed by atoms with Gasteiger partial charge in [-0.1, -0.05) is 0 Å². The summed E-state index contributed by atoms with van der Waals surface area (Å²) in [7, 11) is -2.37. The normalized spacial score (nSPS) is 15.0. The summed E-state index contributed by atoms with van der Waals surface area (Å²) in [6, 6.07) is 4.38. The standard InChI is InChI=1S/C12H16N2O4S/c1-18-10-6-8(13)2-5-11(10)19(16,17)7-12(15)14-9-3-4-9/h2,5-6,9H,3-4,7,13H2,1H3,(H,14,15). The van der Waals surface area contributed by atoms with Crippen LogP contribution < -0.4 is 15.8 Å². The number of carbonyl (C=O) groups excluding carboxylic acids is 1. The van der Waals surface area contributed by atoms with E-state index in [2.05, 4.69) is 5.32 Å². The Bertz CT molecular complexity index is 594. The third-order valence-corrected chi connectivity index (χ3v) is 4.44. The Morgan fingerprint density at radius 2 is 2.16 bits per heavy atom. The molecular weight excluding hydrogens is 268 g/mol. The highest BCUT2D eigenvalue weighted by Gasteiger charge is 2.28. The number of anilines is 1. The third-order valence-electron chi connectivity index (χ3n) is 2.79. The Morgan fingerprint density at radius 1 is 1.47 bits per heavy atom. The van der Waals surface area contributed by atoms with Crippen molar-refractivity contribution in [3.63, 3.8) is 0 Å². The fraction of sp³-hybridized carbons (Fsp3) is 0.417. The van der Waals surface area contributed by atoms with Crippen LogP contribution in [0.3, 0.4) is 0 Å². The molecule has 0 atom stereocenters. The van der Waals surface area contributed by atoms with E-state index in [9.17, 15) is 13.2 Å². The van der Waals surface area contributed by atoms with Gasteiger partial charge in [0.2, 0.25) is 5.91 Å². The van der Waals surface area contributed by atoms with E-state index in [1.54, 1.807) is 0 Å². The highest BCUT2D eigenvalue weighted by molar-refractivity contribution is 7.92. The Hall–Kier alpha value is -1.76. The molecule has 1 amide bonds. The van der Waals surface area contributed by atoms with E-state index < -0.39 is 21.5 Å². The maximum atomic E-state index is 12.2. The lowest BCUT2D eigenvalue weighted by atomic mass is 10.3. The lowest BCUT2D eigenvalue weighted by molar-refractivity contribution is -0.118. The summed E-state index contributed by atoms with van der Waals surface area (Å²) in [4.78, 5) is 11.6. The van der Waals surface area contributed by atoms with E-state index in [0.29, 0.717) is 5.69 Å². The molecule has 7 heteroatoms. The van der Waals surface area contributed by atoms with Gasteiger partial charge in [0.15, 0.2) is 9.84 Å². The summed E-state index contributed by atoms with van der Waals surface area (Å²) in [5.41, 5.74) is 5.97. The van der Waals surface area contributed by atoms with Gasteiger partial charge in [-0.2, -0.15) is 0 Å². The summed E-state index contributed by atoms with van der Waals surface area (Å²) in [5, 5.41) is 2.64. The predicted molar refractivity (Wildman–Crippen MR) is 70.6 cm³/mol. The van der Waals surface area contributed by atoms with Crippen molar-refractivity contribution in [2.75, 3.05) is 18.6 Å². The van der Waals surface area contributed by atoms with Crippen molar-refractivity contribution in [1.29, 1.82) is 0 Å². The summed E-state index contributed by atoms with van der Waals surface area (Å²) < 4.78 is 29.3. The van der Waals surface area contributed by atoms with Crippen LogP contribution in [0.5, 0.6) is 5.75 Å². The summed E-state index contributed by atoms with van der Waals surface area (Å²) in [6.45, 7) is 0. The quantitative estimate of drug-likeness (QED) is 0.759. The molecule has 0 saturated heterocycles. The largest absolute Gasteiger partial charge is 0.495 e. The van der Waals surface area contributed by atoms with Gasteiger partial charge in [0.05, 0.1) is 7.11 Å². The second-order valence-corrected chi connectivity index (χ2v) is 6.47. The van der Waals surface area contributed by atoms with Gasteiger partial charge < -0.3 is 15.8 Å². The minimum absolute atomic E-state index is 0.0184. The third kappa shape index (κ3) is 3.37. The van der Waals surface area contributed by atoms with E-state index in [1.165, 1.54) is 25.3 Å². The van der Waals surface area contributed by atoms with Crippen molar-refractivity contribution >= 4 is 21.4 Å². The first-order valence-electron chi connectivity index (χ1n) is 5.88. The molecule has 3 N–H and O–H groups in total. The molecule has 0 unspecified atom stereocenters. The number of benzene rings is 1. The molecule has 6 nitrogen and oxygen atoms in total. The number of carbonyl (C=O) groups is 1. The Balaban J connectivity index is 2.20. The molecule has 19 heavy (non-hydrogen) atoms. The maximum Gasteiger partial charge on any atom is 0.235 e. The number of nitrogens with one attached hydrogen (secondary N) is 1. The molecule has 1 aliphatic rings. The number of rotatable bonds is 5. The van der Waals surface area contributed by atoms with Crippen molar-refractivity contribution in [2.24, 2.45) is 0 Å². The molecule has 0 aliphatic heterocycles. The average Bonchev–Trinajstić information content (AvgIpc) is 3.11. The van der Waals surface area contributed by atoms with E-state index in [-0.39, 0.29) is 16.7 Å². The topological polar surface area (TPSA) is 98.5 Å². The van der Waals surface area contributed by atoms with E-state index >= 15 is 0 Å². The predicted octanol–water partition coefficient (Wildman–Crippen LogP) is 0.330. The molecular formula is C12H16N2O4S. The molecule has 0 heterocycles. The zero-order valence-electron chi connectivity index (χ0n) is 10.5. The number of hydrogen-bond acceptors (Lipinski definition) is 5. The van der Waals surface area contributed by atoms with Gasteiger partial charge >= 0.3 is 0 Å². The number of hydrogen-bond donors (Lipinski definition) is 2. The number of amides is 1. The summed E-state index contributed by atoms with van der Waals surface area (Å²) >= 11 is 0. The number of sulfone groups is 1. The van der Waals surface area contributed by atoms with Gasteiger partial charge in [-0.3, -0.25) is 4.79 Å². The first-order valence-corrected chi connectivity index (χ1v) is 7.53. The van der Waals surface area contributed by atoms with Crippen molar-refractivity contribution < 1.29 is 17.9 Å². The van der Waals surface area contributed by atoms with Crippen LogP contribution in [0.4, 0.5) is 5.69 Å². The van der Waals surface area contributed by atoms with Crippen LogP contribution in [0, 0.1) is 0 Å². The SMILES string of the molecule is COc1cc(N)ccc1S(=O)(=O)CC(=O)NC1CC1. The van der Waals surface area contributed by atoms with Crippen molar-refractivity contribution in [2.45, 2.75) is 23.8 Å². The monoisotopic (exact) mass is 284 g/mol. The molecule has 1 fully saturated rings. The highest BCUT2D eigenvalue weighted by Crippen LogP contribution is 2.27. The van der Waals surface area contributed by atoms with Gasteiger partial charge in [-0.15, -0.1) is 0 Å². The van der Waals surface area contributed by atoms with Crippen LogP contribution in [0.2, 0.25) is 0 Å². The molecule has 0 bridgehead atoms.